The molecule has 0 aromatic rings. The maximum atomic E-state index is 15.9. The molecule has 4 heterocycles. The fraction of sp³-hybridized carbons (Fsp3) is 0.857. The van der Waals surface area contributed by atoms with Crippen LogP contribution >= 0.6 is 11.6 Å². The highest BCUT2D eigenvalue weighted by molar-refractivity contribution is 6.21. The van der Waals surface area contributed by atoms with Crippen LogP contribution < -0.4 is 10.6 Å². The highest BCUT2D eigenvalue weighted by Gasteiger charge is 2.58. The highest BCUT2D eigenvalue weighted by atomic mass is 35.5. The number of hydrogen-bond donors (Lipinski definition) is 2. The Morgan fingerprint density at radius 3 is 2.59 bits per heavy atom. The van der Waals surface area contributed by atoms with Gasteiger partial charge in [-0.1, -0.05) is 0 Å². The highest BCUT2D eigenvalue weighted by Crippen LogP contribution is 2.46. The summed E-state index contributed by atoms with van der Waals surface area (Å²) in [7, 11) is 0. The molecule has 3 saturated heterocycles. The average Bonchev–Trinajstić information content (AvgIpc) is 3.45. The number of likely N-dealkylation sites (tertiary alicyclic amines) is 1. The van der Waals surface area contributed by atoms with Crippen LogP contribution in [0.25, 0.3) is 0 Å². The second-order valence-corrected chi connectivity index (χ2v) is 12.7. The number of ketones is 1. The Morgan fingerprint density at radius 1 is 1.05 bits per heavy atom. The quantitative estimate of drug-likeness (QED) is 0.331. The predicted octanol–water partition coefficient (Wildman–Crippen LogP) is 0.911. The van der Waals surface area contributed by atoms with Crippen LogP contribution in [0.15, 0.2) is 11.8 Å². The van der Waals surface area contributed by atoms with Crippen molar-refractivity contribution in [2.24, 2.45) is 5.92 Å². The van der Waals surface area contributed by atoms with Crippen molar-refractivity contribution in [2.75, 3.05) is 65.6 Å². The lowest BCUT2D eigenvalue weighted by Crippen LogP contribution is -2.73. The Bertz CT molecular complexity index is 930. The van der Waals surface area contributed by atoms with E-state index in [9.17, 15) is 9.59 Å². The van der Waals surface area contributed by atoms with Gasteiger partial charge in [-0.25, -0.2) is 4.39 Å². The Balaban J connectivity index is 1.19. The summed E-state index contributed by atoms with van der Waals surface area (Å²) >= 11 is 6.55. The maximum absolute atomic E-state index is 15.9. The smallest absolute Gasteiger partial charge is 0.256 e. The van der Waals surface area contributed by atoms with E-state index in [1.807, 2.05) is 0 Å². The van der Waals surface area contributed by atoms with Crippen molar-refractivity contribution >= 4 is 23.3 Å². The molecule has 8 atom stereocenters. The Morgan fingerprint density at radius 2 is 1.79 bits per heavy atom. The second kappa shape index (κ2) is 12.3. The van der Waals surface area contributed by atoms with Gasteiger partial charge in [0.1, 0.15) is 6.17 Å². The van der Waals surface area contributed by atoms with E-state index in [-0.39, 0.29) is 47.2 Å². The number of halogens is 2. The van der Waals surface area contributed by atoms with Crippen molar-refractivity contribution in [1.82, 2.24) is 25.3 Å². The number of hydrogen-bond acceptors (Lipinski definition) is 8. The van der Waals surface area contributed by atoms with Crippen molar-refractivity contribution in [1.29, 1.82) is 0 Å². The summed E-state index contributed by atoms with van der Waals surface area (Å²) in [4.78, 5) is 33.8. The summed E-state index contributed by atoms with van der Waals surface area (Å²) in [5.41, 5.74) is 0.163. The molecule has 2 N–H and O–H groups in total. The van der Waals surface area contributed by atoms with Crippen molar-refractivity contribution in [3.05, 3.63) is 11.8 Å². The molecular weight excluding hydrogens is 525 g/mol. The number of carbonyl (C=O) groups is 2. The van der Waals surface area contributed by atoms with Crippen molar-refractivity contribution in [3.63, 3.8) is 0 Å². The molecule has 5 fully saturated rings. The molecule has 0 spiro atoms. The number of morpholine rings is 2. The monoisotopic (exact) mass is 567 g/mol. The third-order valence-electron chi connectivity index (χ3n) is 9.67. The van der Waals surface area contributed by atoms with Crippen molar-refractivity contribution in [3.8, 4) is 0 Å². The molecule has 8 unspecified atom stereocenters. The van der Waals surface area contributed by atoms with Crippen molar-refractivity contribution < 1.29 is 23.5 Å². The molecule has 0 radical (unpaired) electrons. The molecule has 0 aromatic heterocycles. The lowest BCUT2D eigenvalue weighted by molar-refractivity contribution is -0.197. The van der Waals surface area contributed by atoms with Gasteiger partial charge in [-0.15, -0.1) is 11.6 Å². The van der Waals surface area contributed by atoms with Gasteiger partial charge < -0.3 is 29.9 Å². The topological polar surface area (TPSA) is 86.4 Å². The molecule has 0 bridgehead atoms. The standard InChI is InChI=1S/C28H43ClFN5O4/c29-18-3-4-22-23(15-18)39-27-24(31-5-9-34-11-13-38-14-12-34)21(30)16-19-25(27)35(22)17-20(26(19)36)28(37)32-6-10-33-7-1-2-8-33/h17-19,21-25,27,31H,1-16H2,(H,32,37). The number of rotatable bonds is 8. The van der Waals surface area contributed by atoms with Crippen LogP contribution in [0.1, 0.15) is 38.5 Å². The Hall–Kier alpha value is -1.30. The fourth-order valence-corrected chi connectivity index (χ4v) is 7.91. The van der Waals surface area contributed by atoms with Gasteiger partial charge >= 0.3 is 0 Å². The molecule has 9 nitrogen and oxygen atoms in total. The summed E-state index contributed by atoms with van der Waals surface area (Å²) < 4.78 is 27.9. The molecule has 0 aromatic carbocycles. The van der Waals surface area contributed by atoms with Crippen LogP contribution in [0, 0.1) is 5.92 Å². The van der Waals surface area contributed by atoms with Gasteiger partial charge in [0.05, 0.1) is 49.1 Å². The van der Waals surface area contributed by atoms with Crippen LogP contribution in [-0.4, -0.2) is 134 Å². The molecule has 1 amide bonds. The molecule has 39 heavy (non-hydrogen) atoms. The fourth-order valence-electron chi connectivity index (χ4n) is 7.61. The van der Waals surface area contributed by atoms with Crippen LogP contribution in [-0.2, 0) is 19.1 Å². The summed E-state index contributed by atoms with van der Waals surface area (Å²) in [6.07, 6.45) is 4.77. The van der Waals surface area contributed by atoms with E-state index in [1.54, 1.807) is 6.20 Å². The van der Waals surface area contributed by atoms with Gasteiger partial charge in [-0.05, 0) is 51.6 Å². The lowest BCUT2D eigenvalue weighted by atomic mass is 9.69. The minimum absolute atomic E-state index is 0.0137. The predicted molar refractivity (Wildman–Crippen MR) is 145 cm³/mol. The minimum atomic E-state index is -1.24. The number of fused-ring (bicyclic) bond motifs is 2. The third-order valence-corrected chi connectivity index (χ3v) is 10.1. The molecule has 11 heteroatoms. The summed E-state index contributed by atoms with van der Waals surface area (Å²) in [5, 5.41) is 6.44. The molecule has 4 aliphatic heterocycles. The largest absolute Gasteiger partial charge is 0.379 e. The van der Waals surface area contributed by atoms with E-state index in [2.05, 4.69) is 25.3 Å². The zero-order valence-corrected chi connectivity index (χ0v) is 23.5. The molecule has 218 valence electrons. The molecule has 6 aliphatic rings. The second-order valence-electron chi connectivity index (χ2n) is 12.1. The van der Waals surface area contributed by atoms with E-state index in [0.29, 0.717) is 19.5 Å². The number of nitrogens with zero attached hydrogens (tertiary/aromatic N) is 3. The maximum Gasteiger partial charge on any atom is 0.256 e. The van der Waals surface area contributed by atoms with E-state index in [0.717, 1.165) is 65.3 Å². The van der Waals surface area contributed by atoms with E-state index in [4.69, 9.17) is 21.1 Å². The SMILES string of the molecule is O=C(NCCN1CCCC1)C1=CN2C3CCC(Cl)CC3OC3C(NCCN4CCOCC4)C(F)CC(C1=O)C32. The first kappa shape index (κ1) is 27.8. The van der Waals surface area contributed by atoms with Crippen LogP contribution in [0.3, 0.4) is 0 Å². The van der Waals surface area contributed by atoms with E-state index >= 15 is 4.39 Å². The summed E-state index contributed by atoms with van der Waals surface area (Å²) in [6.45, 7) is 8.07. The molecule has 6 rings (SSSR count). The number of ether oxygens (including phenoxy) is 2. The summed E-state index contributed by atoms with van der Waals surface area (Å²) in [6, 6.07) is -0.752. The molecule has 2 aliphatic carbocycles. The van der Waals surface area contributed by atoms with Gasteiger partial charge in [0.2, 0.25) is 0 Å². The number of alkyl halides is 2. The van der Waals surface area contributed by atoms with Crippen LogP contribution in [0.4, 0.5) is 4.39 Å². The van der Waals surface area contributed by atoms with E-state index in [1.165, 1.54) is 12.8 Å². The van der Waals surface area contributed by atoms with Gasteiger partial charge in [-0.3, -0.25) is 14.5 Å². The number of Topliss-reactive ketones (excluding diaryl/α,β-unsaturated/α-hetero) is 1. The van der Waals surface area contributed by atoms with E-state index < -0.39 is 24.2 Å². The first-order valence-corrected chi connectivity index (χ1v) is 15.4. The number of carbonyl (C=O) groups excluding carboxylic acids is 2. The summed E-state index contributed by atoms with van der Waals surface area (Å²) in [5.74, 6) is -1.19. The normalized spacial score (nSPS) is 39.2. The van der Waals surface area contributed by atoms with Crippen molar-refractivity contribution in [2.45, 2.75) is 80.4 Å². The zero-order valence-electron chi connectivity index (χ0n) is 22.7. The average molecular weight is 568 g/mol. The van der Waals surface area contributed by atoms with Crippen LogP contribution in [0.2, 0.25) is 0 Å². The first-order valence-electron chi connectivity index (χ1n) is 15.0. The molecule has 2 saturated carbocycles. The Labute approximate surface area is 235 Å². The van der Waals surface area contributed by atoms with Gasteiger partial charge in [0.15, 0.2) is 5.78 Å². The first-order chi connectivity index (χ1) is 19.0. The van der Waals surface area contributed by atoms with Crippen LogP contribution in [0.5, 0.6) is 0 Å². The number of amides is 1. The van der Waals surface area contributed by atoms with Gasteiger partial charge in [0, 0.05) is 56.8 Å². The number of nitrogens with one attached hydrogen (secondary N) is 2. The third kappa shape index (κ3) is 5.88. The lowest BCUT2D eigenvalue weighted by Gasteiger charge is -2.59. The molecular formula is C28H43ClFN5O4. The zero-order chi connectivity index (χ0) is 26.9. The van der Waals surface area contributed by atoms with Gasteiger partial charge in [0.25, 0.3) is 5.91 Å². The Kier molecular flexibility index (Phi) is 8.77. The minimum Gasteiger partial charge on any atom is -0.379 e. The van der Waals surface area contributed by atoms with Gasteiger partial charge in [-0.2, -0.15) is 0 Å².